The minimum absolute atomic E-state index is 0.0283. The number of carbonyl (C=O) groups is 3. The van der Waals surface area contributed by atoms with Crippen molar-refractivity contribution >= 4 is 17.7 Å². The standard InChI is InChI=1S/C15H27N3O3/c1-6-16(7-2)13(20)15(4,5)14(21)18-10-8-17(9-11-18)12(3)19/h6-11H2,1-5H3. The first kappa shape index (κ1) is 17.5. The van der Waals surface area contributed by atoms with Crippen LogP contribution in [-0.2, 0) is 14.4 Å². The Morgan fingerprint density at radius 1 is 0.952 bits per heavy atom. The van der Waals surface area contributed by atoms with Gasteiger partial charge in [0, 0.05) is 46.2 Å². The van der Waals surface area contributed by atoms with Crippen LogP contribution in [0.25, 0.3) is 0 Å². The molecule has 6 nitrogen and oxygen atoms in total. The molecule has 0 unspecified atom stereocenters. The van der Waals surface area contributed by atoms with Gasteiger partial charge < -0.3 is 14.7 Å². The van der Waals surface area contributed by atoms with E-state index in [0.717, 1.165) is 0 Å². The van der Waals surface area contributed by atoms with Gasteiger partial charge in [0.15, 0.2) is 0 Å². The zero-order valence-electron chi connectivity index (χ0n) is 13.8. The molecule has 0 radical (unpaired) electrons. The molecule has 0 saturated carbocycles. The van der Waals surface area contributed by atoms with Crippen molar-refractivity contribution < 1.29 is 14.4 Å². The molecule has 1 aliphatic rings. The summed E-state index contributed by atoms with van der Waals surface area (Å²) in [4.78, 5) is 41.6. The largest absolute Gasteiger partial charge is 0.342 e. The monoisotopic (exact) mass is 297 g/mol. The van der Waals surface area contributed by atoms with Crippen molar-refractivity contribution in [3.8, 4) is 0 Å². The van der Waals surface area contributed by atoms with Crippen molar-refractivity contribution in [2.24, 2.45) is 5.41 Å². The van der Waals surface area contributed by atoms with Gasteiger partial charge in [-0.3, -0.25) is 14.4 Å². The highest BCUT2D eigenvalue weighted by Gasteiger charge is 2.41. The Hall–Kier alpha value is -1.59. The Morgan fingerprint density at radius 3 is 1.76 bits per heavy atom. The van der Waals surface area contributed by atoms with Crippen LogP contribution in [0.2, 0.25) is 0 Å². The summed E-state index contributed by atoms with van der Waals surface area (Å²) >= 11 is 0. The third-order valence-electron chi connectivity index (χ3n) is 4.13. The van der Waals surface area contributed by atoms with Crippen LogP contribution in [0.15, 0.2) is 0 Å². The molecule has 6 heteroatoms. The Morgan fingerprint density at radius 2 is 1.38 bits per heavy atom. The van der Waals surface area contributed by atoms with Crippen molar-refractivity contribution in [3.05, 3.63) is 0 Å². The quantitative estimate of drug-likeness (QED) is 0.713. The highest BCUT2D eigenvalue weighted by Crippen LogP contribution is 2.23. The first-order valence-electron chi connectivity index (χ1n) is 7.59. The summed E-state index contributed by atoms with van der Waals surface area (Å²) < 4.78 is 0. The van der Waals surface area contributed by atoms with Crippen LogP contribution in [0, 0.1) is 5.41 Å². The van der Waals surface area contributed by atoms with Gasteiger partial charge in [0.1, 0.15) is 5.41 Å². The molecule has 1 rings (SSSR count). The molecule has 120 valence electrons. The zero-order chi connectivity index (χ0) is 16.2. The molecular formula is C15H27N3O3. The van der Waals surface area contributed by atoms with Crippen molar-refractivity contribution in [1.29, 1.82) is 0 Å². The molecule has 21 heavy (non-hydrogen) atoms. The second kappa shape index (κ2) is 6.91. The van der Waals surface area contributed by atoms with Gasteiger partial charge in [0.25, 0.3) is 0 Å². The van der Waals surface area contributed by atoms with Gasteiger partial charge >= 0.3 is 0 Å². The molecule has 0 N–H and O–H groups in total. The highest BCUT2D eigenvalue weighted by molar-refractivity contribution is 6.04. The third kappa shape index (κ3) is 3.74. The van der Waals surface area contributed by atoms with E-state index in [1.807, 2.05) is 13.8 Å². The Kier molecular flexibility index (Phi) is 5.75. The lowest BCUT2D eigenvalue weighted by molar-refractivity contribution is -0.156. The fourth-order valence-corrected chi connectivity index (χ4v) is 2.62. The highest BCUT2D eigenvalue weighted by atomic mass is 16.2. The summed E-state index contributed by atoms with van der Waals surface area (Å²) in [5.41, 5.74) is -1.05. The van der Waals surface area contributed by atoms with E-state index >= 15 is 0 Å². The molecule has 0 aromatic carbocycles. The number of nitrogens with zero attached hydrogens (tertiary/aromatic N) is 3. The van der Waals surface area contributed by atoms with Crippen molar-refractivity contribution in [2.75, 3.05) is 39.3 Å². The second-order valence-electron chi connectivity index (χ2n) is 5.90. The minimum atomic E-state index is -1.05. The van der Waals surface area contributed by atoms with E-state index in [1.54, 1.807) is 28.5 Å². The number of hydrogen-bond donors (Lipinski definition) is 0. The predicted molar refractivity (Wildman–Crippen MR) is 80.5 cm³/mol. The van der Waals surface area contributed by atoms with Crippen LogP contribution in [0.1, 0.15) is 34.6 Å². The molecule has 0 bridgehead atoms. The molecule has 0 atom stereocenters. The van der Waals surface area contributed by atoms with E-state index in [2.05, 4.69) is 0 Å². The minimum Gasteiger partial charge on any atom is -0.342 e. The summed E-state index contributed by atoms with van der Waals surface area (Å²) in [7, 11) is 0. The van der Waals surface area contributed by atoms with Gasteiger partial charge in [-0.25, -0.2) is 0 Å². The number of rotatable bonds is 4. The molecule has 1 aliphatic heterocycles. The lowest BCUT2D eigenvalue weighted by atomic mass is 9.89. The van der Waals surface area contributed by atoms with E-state index in [0.29, 0.717) is 39.3 Å². The number of amides is 3. The summed E-state index contributed by atoms with van der Waals surface area (Å²) in [5, 5.41) is 0. The zero-order valence-corrected chi connectivity index (χ0v) is 13.8. The third-order valence-corrected chi connectivity index (χ3v) is 4.13. The van der Waals surface area contributed by atoms with Gasteiger partial charge in [-0.2, -0.15) is 0 Å². The maximum atomic E-state index is 12.6. The molecule has 1 fully saturated rings. The SMILES string of the molecule is CCN(CC)C(=O)C(C)(C)C(=O)N1CCN(C(C)=O)CC1. The summed E-state index contributed by atoms with van der Waals surface area (Å²) in [6.07, 6.45) is 0. The topological polar surface area (TPSA) is 60.9 Å². The molecule has 3 amide bonds. The van der Waals surface area contributed by atoms with E-state index in [-0.39, 0.29) is 17.7 Å². The van der Waals surface area contributed by atoms with E-state index in [4.69, 9.17) is 0 Å². The van der Waals surface area contributed by atoms with Crippen LogP contribution in [-0.4, -0.2) is 71.7 Å². The smallest absolute Gasteiger partial charge is 0.237 e. The lowest BCUT2D eigenvalue weighted by Gasteiger charge is -2.39. The van der Waals surface area contributed by atoms with E-state index < -0.39 is 5.41 Å². The molecule has 0 aliphatic carbocycles. The van der Waals surface area contributed by atoms with Crippen molar-refractivity contribution in [1.82, 2.24) is 14.7 Å². The molecule has 1 saturated heterocycles. The summed E-state index contributed by atoms with van der Waals surface area (Å²) in [6.45, 7) is 12.0. The fourth-order valence-electron chi connectivity index (χ4n) is 2.62. The number of piperazine rings is 1. The van der Waals surface area contributed by atoms with Crippen molar-refractivity contribution in [3.63, 3.8) is 0 Å². The molecular weight excluding hydrogens is 270 g/mol. The Labute approximate surface area is 127 Å². The van der Waals surface area contributed by atoms with Gasteiger partial charge in [0.2, 0.25) is 17.7 Å². The van der Waals surface area contributed by atoms with Crippen LogP contribution < -0.4 is 0 Å². The molecule has 0 spiro atoms. The van der Waals surface area contributed by atoms with Crippen LogP contribution in [0.4, 0.5) is 0 Å². The Balaban J connectivity index is 2.74. The molecule has 0 aromatic rings. The van der Waals surface area contributed by atoms with Crippen molar-refractivity contribution in [2.45, 2.75) is 34.6 Å². The maximum absolute atomic E-state index is 12.6. The fraction of sp³-hybridized carbons (Fsp3) is 0.800. The van der Waals surface area contributed by atoms with Crippen LogP contribution in [0.3, 0.4) is 0 Å². The van der Waals surface area contributed by atoms with Gasteiger partial charge in [0.05, 0.1) is 0 Å². The van der Waals surface area contributed by atoms with Gasteiger partial charge in [-0.15, -0.1) is 0 Å². The first-order chi connectivity index (χ1) is 9.75. The first-order valence-corrected chi connectivity index (χ1v) is 7.59. The predicted octanol–water partition coefficient (Wildman–Crippen LogP) is 0.572. The Bertz CT molecular complexity index is 408. The molecule has 0 aromatic heterocycles. The van der Waals surface area contributed by atoms with Crippen LogP contribution >= 0.6 is 0 Å². The van der Waals surface area contributed by atoms with E-state index in [9.17, 15) is 14.4 Å². The lowest BCUT2D eigenvalue weighted by Crippen LogP contribution is -2.56. The van der Waals surface area contributed by atoms with Gasteiger partial charge in [-0.1, -0.05) is 0 Å². The molecule has 1 heterocycles. The summed E-state index contributed by atoms with van der Waals surface area (Å²) in [6, 6.07) is 0. The second-order valence-corrected chi connectivity index (χ2v) is 5.90. The van der Waals surface area contributed by atoms with E-state index in [1.165, 1.54) is 6.92 Å². The number of hydrogen-bond acceptors (Lipinski definition) is 3. The van der Waals surface area contributed by atoms with Gasteiger partial charge in [-0.05, 0) is 27.7 Å². The maximum Gasteiger partial charge on any atom is 0.237 e. The average molecular weight is 297 g/mol. The summed E-state index contributed by atoms with van der Waals surface area (Å²) in [5.74, 6) is -0.255. The number of carbonyl (C=O) groups excluding carboxylic acids is 3. The van der Waals surface area contributed by atoms with Crippen LogP contribution in [0.5, 0.6) is 0 Å². The normalized spacial score (nSPS) is 15.9. The average Bonchev–Trinajstić information content (AvgIpc) is 2.47.